The summed E-state index contributed by atoms with van der Waals surface area (Å²) >= 11 is 0. The lowest BCUT2D eigenvalue weighted by Gasteiger charge is -2.36. The lowest BCUT2D eigenvalue weighted by Crippen LogP contribution is -2.50. The molecule has 1 aliphatic rings. The number of aliphatic carboxylic acids is 2. The molecule has 2 aromatic rings. The van der Waals surface area contributed by atoms with Gasteiger partial charge in [0.25, 0.3) is 0 Å². The molecule has 0 unspecified atom stereocenters. The minimum Gasteiger partial charge on any atom is -0.496 e. The van der Waals surface area contributed by atoms with Crippen LogP contribution in [0.2, 0.25) is 0 Å². The topological polar surface area (TPSA) is 130 Å². The summed E-state index contributed by atoms with van der Waals surface area (Å²) in [6.45, 7) is 4.17. The first-order valence-electron chi connectivity index (χ1n) is 13.0. The first-order chi connectivity index (χ1) is 18.7. The summed E-state index contributed by atoms with van der Waals surface area (Å²) in [7, 11) is -2.03. The minimum absolute atomic E-state index is 0.0249. The summed E-state index contributed by atoms with van der Waals surface area (Å²) in [5.74, 6) is -3.00. The number of nitrogens with one attached hydrogen (secondary N) is 1. The van der Waals surface area contributed by atoms with Gasteiger partial charge in [-0.1, -0.05) is 57.0 Å². The third-order valence-corrected chi connectivity index (χ3v) is 8.83. The van der Waals surface area contributed by atoms with Gasteiger partial charge in [0.05, 0.1) is 23.8 Å². The zero-order chi connectivity index (χ0) is 30.1. The highest BCUT2D eigenvalue weighted by Gasteiger charge is 2.42. The van der Waals surface area contributed by atoms with E-state index >= 15 is 0 Å². The molecule has 0 fully saturated rings. The average molecular weight is 588 g/mol. The summed E-state index contributed by atoms with van der Waals surface area (Å²) < 4.78 is 64.9. The zero-order valence-corrected chi connectivity index (χ0v) is 23.6. The van der Waals surface area contributed by atoms with E-state index in [4.69, 9.17) is 19.7 Å². The van der Waals surface area contributed by atoms with Gasteiger partial charge < -0.3 is 14.9 Å². The number of alkyl halides is 3. The van der Waals surface area contributed by atoms with E-state index in [9.17, 15) is 26.4 Å². The minimum atomic E-state index is -5.08. The third-order valence-electron chi connectivity index (χ3n) is 6.87. The molecule has 0 aromatic heterocycles. The fraction of sp³-hybridized carbons (Fsp3) is 0.500. The number of carboxylic acids is 2. The molecule has 8 nitrogen and oxygen atoms in total. The number of hydrogen-bond acceptors (Lipinski definition) is 6. The molecule has 1 aliphatic heterocycles. The number of benzene rings is 2. The molecular formula is C28H36F3NO7S. The van der Waals surface area contributed by atoms with E-state index in [-0.39, 0.29) is 18.2 Å². The summed E-state index contributed by atoms with van der Waals surface area (Å²) in [6.07, 6.45) is -0.787. The lowest BCUT2D eigenvalue weighted by atomic mass is 9.87. The normalized spacial score (nSPS) is 19.9. The van der Waals surface area contributed by atoms with Gasteiger partial charge in [-0.3, -0.25) is 10.1 Å². The molecule has 2 aromatic carbocycles. The highest BCUT2D eigenvalue weighted by atomic mass is 32.2. The predicted molar refractivity (Wildman–Crippen MR) is 143 cm³/mol. The molecule has 3 rings (SSSR count). The van der Waals surface area contributed by atoms with Crippen LogP contribution in [0, 0.1) is 0 Å². The number of carbonyl (C=O) groups is 2. The van der Waals surface area contributed by atoms with Crippen LogP contribution in [-0.2, 0) is 25.8 Å². The molecule has 12 heteroatoms. The molecule has 0 spiro atoms. The van der Waals surface area contributed by atoms with E-state index < -0.39 is 33.5 Å². The Bertz CT molecular complexity index is 1270. The van der Waals surface area contributed by atoms with Crippen LogP contribution < -0.4 is 10.1 Å². The summed E-state index contributed by atoms with van der Waals surface area (Å²) in [4.78, 5) is 20.2. The number of hydrogen-bond donors (Lipinski definition) is 3. The molecule has 0 radical (unpaired) electrons. The number of carboxylic acid groups (broad SMARTS) is 2. The standard InChI is InChI=1S/C26H35NO5S.C2HF3O2/c1-4-6-15-26(5-2)18-33(30,31)23-16-20(13-10-14-24(28)29)22(32-3)17-21(23)25(27-26)19-11-8-7-9-12-19;3-2(4,5)1(6)7/h7-9,11-12,16-17,25,27H,4-6,10,13-15,18H2,1-3H3,(H,28,29);(H,6,7)/t25-,26-;/m1./s1. The summed E-state index contributed by atoms with van der Waals surface area (Å²) in [5, 5.41) is 19.9. The smallest absolute Gasteiger partial charge is 0.490 e. The Hall–Kier alpha value is -3.12. The van der Waals surface area contributed by atoms with Crippen molar-refractivity contribution in [2.45, 2.75) is 81.4 Å². The second-order valence-electron chi connectivity index (χ2n) is 9.74. The Kier molecular flexibility index (Phi) is 11.6. The number of unbranched alkanes of at least 4 members (excludes halogenated alkanes) is 1. The average Bonchev–Trinajstić information content (AvgIpc) is 2.99. The van der Waals surface area contributed by atoms with Gasteiger partial charge in [-0.2, -0.15) is 13.2 Å². The first kappa shape index (κ1) is 33.1. The number of ether oxygens (including phenoxy) is 1. The Morgan fingerprint density at radius 1 is 1.10 bits per heavy atom. The molecular weight excluding hydrogens is 551 g/mol. The Morgan fingerprint density at radius 2 is 1.73 bits per heavy atom. The molecule has 40 heavy (non-hydrogen) atoms. The van der Waals surface area contributed by atoms with E-state index in [0.717, 1.165) is 30.4 Å². The van der Waals surface area contributed by atoms with Crippen molar-refractivity contribution in [2.75, 3.05) is 12.9 Å². The monoisotopic (exact) mass is 587 g/mol. The van der Waals surface area contributed by atoms with Crippen LogP contribution in [0.3, 0.4) is 0 Å². The van der Waals surface area contributed by atoms with E-state index in [2.05, 4.69) is 12.2 Å². The lowest BCUT2D eigenvalue weighted by molar-refractivity contribution is -0.192. The summed E-state index contributed by atoms with van der Waals surface area (Å²) in [5.41, 5.74) is 1.88. The molecule has 3 N–H and O–H groups in total. The van der Waals surface area contributed by atoms with Gasteiger partial charge in [-0.05, 0) is 54.5 Å². The van der Waals surface area contributed by atoms with Crippen LogP contribution in [0.5, 0.6) is 5.75 Å². The largest absolute Gasteiger partial charge is 0.496 e. The number of methoxy groups -OCH3 is 1. The maximum absolute atomic E-state index is 13.8. The van der Waals surface area contributed by atoms with E-state index in [1.54, 1.807) is 13.2 Å². The van der Waals surface area contributed by atoms with Crippen LogP contribution >= 0.6 is 0 Å². The predicted octanol–water partition coefficient (Wildman–Crippen LogP) is 5.54. The highest BCUT2D eigenvalue weighted by Crippen LogP contribution is 2.41. The molecule has 0 saturated carbocycles. The molecule has 2 atom stereocenters. The van der Waals surface area contributed by atoms with Crippen molar-refractivity contribution in [1.82, 2.24) is 5.32 Å². The number of rotatable bonds is 10. The quantitative estimate of drug-likeness (QED) is 0.330. The molecule has 0 aliphatic carbocycles. The van der Waals surface area contributed by atoms with Crippen molar-refractivity contribution in [3.63, 3.8) is 0 Å². The van der Waals surface area contributed by atoms with E-state index in [1.165, 1.54) is 0 Å². The number of halogens is 3. The Labute approximate surface area is 232 Å². The van der Waals surface area contributed by atoms with Crippen molar-refractivity contribution in [2.24, 2.45) is 0 Å². The highest BCUT2D eigenvalue weighted by molar-refractivity contribution is 7.91. The molecule has 0 saturated heterocycles. The van der Waals surface area contributed by atoms with Gasteiger partial charge in [0.15, 0.2) is 9.84 Å². The van der Waals surface area contributed by atoms with Crippen LogP contribution in [-0.4, -0.2) is 55.1 Å². The van der Waals surface area contributed by atoms with Crippen molar-refractivity contribution >= 4 is 21.8 Å². The Balaban J connectivity index is 0.000000708. The van der Waals surface area contributed by atoms with Gasteiger partial charge in [0.1, 0.15) is 5.75 Å². The second-order valence-corrected chi connectivity index (χ2v) is 11.7. The molecule has 222 valence electrons. The first-order valence-corrected chi connectivity index (χ1v) is 14.6. The zero-order valence-electron chi connectivity index (χ0n) is 22.8. The van der Waals surface area contributed by atoms with Crippen molar-refractivity contribution < 1.29 is 46.1 Å². The third kappa shape index (κ3) is 8.69. The van der Waals surface area contributed by atoms with Gasteiger partial charge in [-0.15, -0.1) is 0 Å². The number of fused-ring (bicyclic) bond motifs is 1. The van der Waals surface area contributed by atoms with Crippen molar-refractivity contribution in [1.29, 1.82) is 0 Å². The van der Waals surface area contributed by atoms with Crippen LogP contribution in [0.4, 0.5) is 13.2 Å². The summed E-state index contributed by atoms with van der Waals surface area (Å²) in [6, 6.07) is 13.2. The molecule has 0 bridgehead atoms. The number of aryl methyl sites for hydroxylation is 1. The Morgan fingerprint density at radius 3 is 2.23 bits per heavy atom. The van der Waals surface area contributed by atoms with E-state index in [1.807, 2.05) is 43.3 Å². The SMILES string of the molecule is CCCC[C@]1(CC)CS(=O)(=O)c2cc(CCCC(=O)O)c(OC)cc2[C@@H](c2ccccc2)N1.O=C(O)C(F)(F)F. The van der Waals surface area contributed by atoms with Crippen molar-refractivity contribution in [3.8, 4) is 5.75 Å². The molecule has 0 amide bonds. The van der Waals surface area contributed by atoms with Crippen LogP contribution in [0.15, 0.2) is 47.4 Å². The van der Waals surface area contributed by atoms with Gasteiger partial charge in [-0.25, -0.2) is 13.2 Å². The maximum Gasteiger partial charge on any atom is 0.490 e. The number of sulfone groups is 1. The van der Waals surface area contributed by atoms with Crippen LogP contribution in [0.25, 0.3) is 0 Å². The van der Waals surface area contributed by atoms with Gasteiger partial charge in [0, 0.05) is 12.0 Å². The van der Waals surface area contributed by atoms with Crippen LogP contribution in [0.1, 0.15) is 75.1 Å². The second kappa shape index (κ2) is 14.0. The fourth-order valence-corrected chi connectivity index (χ4v) is 6.92. The fourth-order valence-electron chi connectivity index (χ4n) is 4.74. The van der Waals surface area contributed by atoms with Crippen molar-refractivity contribution in [3.05, 3.63) is 59.2 Å². The maximum atomic E-state index is 13.8. The molecule has 1 heterocycles. The van der Waals surface area contributed by atoms with E-state index in [0.29, 0.717) is 35.5 Å². The van der Waals surface area contributed by atoms with Gasteiger partial charge in [0.2, 0.25) is 0 Å². The van der Waals surface area contributed by atoms with Gasteiger partial charge >= 0.3 is 18.1 Å².